The lowest BCUT2D eigenvalue weighted by atomic mass is 9.83. The van der Waals surface area contributed by atoms with Crippen molar-refractivity contribution in [3.8, 4) is 0 Å². The minimum Gasteiger partial charge on any atom is -0.453 e. The topological polar surface area (TPSA) is 56.9 Å². The number of carbonyl (C=O) groups excluding carboxylic acids is 1. The van der Waals surface area contributed by atoms with Crippen molar-refractivity contribution in [3.05, 3.63) is 23.7 Å². The predicted octanol–water partition coefficient (Wildman–Crippen LogP) is 2.11. The zero-order valence-corrected chi connectivity index (χ0v) is 13.6. The highest BCUT2D eigenvalue weighted by Crippen LogP contribution is 2.33. The van der Waals surface area contributed by atoms with E-state index in [2.05, 4.69) is 4.90 Å². The molecule has 23 heavy (non-hydrogen) atoms. The number of hydrogen-bond acceptors (Lipinski definition) is 4. The number of fused-ring (bicyclic) bond motifs is 4. The fraction of sp³-hybridized carbons (Fsp3) is 0.722. The van der Waals surface area contributed by atoms with Crippen LogP contribution in [0, 0.1) is 11.8 Å². The number of amides is 1. The summed E-state index contributed by atoms with van der Waals surface area (Å²) in [6.45, 7) is 3.86. The molecule has 0 aromatic carbocycles. The van der Waals surface area contributed by atoms with Gasteiger partial charge in [0.1, 0.15) is 12.4 Å². The van der Waals surface area contributed by atoms with Crippen LogP contribution in [-0.4, -0.2) is 53.0 Å². The molecule has 2 bridgehead atoms. The Kier molecular flexibility index (Phi) is 4.16. The Bertz CT molecular complexity index is 566. The molecule has 0 spiro atoms. The third kappa shape index (κ3) is 3.04. The summed E-state index contributed by atoms with van der Waals surface area (Å²) < 4.78 is 5.44. The molecule has 5 rings (SSSR count). The van der Waals surface area contributed by atoms with E-state index in [0.29, 0.717) is 23.5 Å². The van der Waals surface area contributed by atoms with Crippen LogP contribution in [0.25, 0.3) is 0 Å². The van der Waals surface area contributed by atoms with Gasteiger partial charge in [0, 0.05) is 32.2 Å². The van der Waals surface area contributed by atoms with E-state index in [9.17, 15) is 4.79 Å². The number of piperidine rings is 1. The van der Waals surface area contributed by atoms with Crippen LogP contribution in [0.1, 0.15) is 48.4 Å². The fourth-order valence-electron chi connectivity index (χ4n) is 4.31. The third-order valence-electron chi connectivity index (χ3n) is 5.86. The van der Waals surface area contributed by atoms with E-state index >= 15 is 0 Å². The maximum Gasteiger partial charge on any atom is 0.289 e. The van der Waals surface area contributed by atoms with Crippen molar-refractivity contribution in [3.63, 3.8) is 0 Å². The highest BCUT2D eigenvalue weighted by atomic mass is 16.4. The summed E-state index contributed by atoms with van der Waals surface area (Å²) in [4.78, 5) is 17.3. The Hall–Kier alpha value is -1.33. The highest BCUT2D eigenvalue weighted by Gasteiger charge is 2.38. The molecule has 4 fully saturated rings. The van der Waals surface area contributed by atoms with Gasteiger partial charge in [-0.3, -0.25) is 9.69 Å². The largest absolute Gasteiger partial charge is 0.453 e. The van der Waals surface area contributed by atoms with E-state index in [1.165, 1.54) is 38.6 Å². The van der Waals surface area contributed by atoms with Gasteiger partial charge in [0.05, 0.1) is 0 Å². The van der Waals surface area contributed by atoms with Gasteiger partial charge in [-0.25, -0.2) is 0 Å². The number of carbonyl (C=O) groups is 1. The average molecular weight is 318 g/mol. The second kappa shape index (κ2) is 6.29. The predicted molar refractivity (Wildman–Crippen MR) is 86.0 cm³/mol. The summed E-state index contributed by atoms with van der Waals surface area (Å²) >= 11 is 0. The number of hydrogen-bond donors (Lipinski definition) is 1. The monoisotopic (exact) mass is 318 g/mol. The van der Waals surface area contributed by atoms with Crippen molar-refractivity contribution in [1.29, 1.82) is 0 Å². The van der Waals surface area contributed by atoms with E-state index in [0.717, 1.165) is 25.6 Å². The third-order valence-corrected chi connectivity index (χ3v) is 5.86. The lowest BCUT2D eigenvalue weighted by molar-refractivity contribution is 0.0684. The van der Waals surface area contributed by atoms with E-state index < -0.39 is 0 Å². The maximum absolute atomic E-state index is 12.7. The molecule has 3 aliphatic heterocycles. The standard InChI is InChI=1S/C18H26N2O3/c21-12-16-6-7-17(23-16)18(22)20-10-14-4-5-15(11-20)19(9-14)8-13-2-1-3-13/h6-7,13-15,21H,1-5,8-12H2/t14-,15-/m0/s1. The van der Waals surface area contributed by atoms with Crippen LogP contribution >= 0.6 is 0 Å². The maximum atomic E-state index is 12.7. The number of furan rings is 1. The van der Waals surface area contributed by atoms with Crippen LogP contribution in [0.5, 0.6) is 0 Å². The Labute approximate surface area is 137 Å². The second-order valence-electron chi connectivity index (χ2n) is 7.48. The first kappa shape index (κ1) is 15.2. The van der Waals surface area contributed by atoms with Crippen molar-refractivity contribution < 1.29 is 14.3 Å². The lowest BCUT2D eigenvalue weighted by Crippen LogP contribution is -2.47. The lowest BCUT2D eigenvalue weighted by Gasteiger charge is -2.40. The van der Waals surface area contributed by atoms with Crippen LogP contribution in [0.2, 0.25) is 0 Å². The number of aliphatic hydroxyl groups excluding tert-OH is 1. The zero-order chi connectivity index (χ0) is 15.8. The molecule has 1 amide bonds. The molecule has 4 heterocycles. The van der Waals surface area contributed by atoms with Gasteiger partial charge in [0.25, 0.3) is 5.91 Å². The fourth-order valence-corrected chi connectivity index (χ4v) is 4.31. The van der Waals surface area contributed by atoms with Gasteiger partial charge in [-0.05, 0) is 49.7 Å². The Balaban J connectivity index is 1.45. The van der Waals surface area contributed by atoms with Crippen molar-refractivity contribution in [1.82, 2.24) is 9.80 Å². The summed E-state index contributed by atoms with van der Waals surface area (Å²) in [5, 5.41) is 9.10. The molecule has 1 aromatic heterocycles. The second-order valence-corrected chi connectivity index (χ2v) is 7.48. The smallest absolute Gasteiger partial charge is 0.289 e. The summed E-state index contributed by atoms with van der Waals surface area (Å²) in [5.74, 6) is 2.27. The highest BCUT2D eigenvalue weighted by molar-refractivity contribution is 5.91. The van der Waals surface area contributed by atoms with Gasteiger partial charge < -0.3 is 14.4 Å². The van der Waals surface area contributed by atoms with Gasteiger partial charge >= 0.3 is 0 Å². The molecule has 3 saturated heterocycles. The first-order valence-electron chi connectivity index (χ1n) is 8.96. The molecule has 1 aromatic rings. The molecule has 5 nitrogen and oxygen atoms in total. The van der Waals surface area contributed by atoms with Crippen LogP contribution in [0.4, 0.5) is 0 Å². The van der Waals surface area contributed by atoms with E-state index in [4.69, 9.17) is 9.52 Å². The quantitative estimate of drug-likeness (QED) is 0.924. The van der Waals surface area contributed by atoms with Crippen LogP contribution in [0.3, 0.4) is 0 Å². The van der Waals surface area contributed by atoms with Crippen LogP contribution in [0.15, 0.2) is 16.5 Å². The molecular formula is C18H26N2O3. The summed E-state index contributed by atoms with van der Waals surface area (Å²) in [6, 6.07) is 3.88. The molecule has 126 valence electrons. The van der Waals surface area contributed by atoms with Gasteiger partial charge in [-0.2, -0.15) is 0 Å². The minimum atomic E-state index is -0.159. The van der Waals surface area contributed by atoms with Crippen LogP contribution < -0.4 is 0 Å². The first-order chi connectivity index (χ1) is 11.2. The molecular weight excluding hydrogens is 292 g/mol. The number of aliphatic hydroxyl groups is 1. The molecule has 0 unspecified atom stereocenters. The SMILES string of the molecule is O=C(c1ccc(CO)o1)N1C[C@H]2CC[C@@H](C1)N(CC1CCC1)C2. The molecule has 5 heteroatoms. The summed E-state index contributed by atoms with van der Waals surface area (Å²) in [7, 11) is 0. The van der Waals surface area contributed by atoms with Crippen LogP contribution in [-0.2, 0) is 6.61 Å². The molecule has 1 saturated carbocycles. The average Bonchev–Trinajstić information content (AvgIpc) is 2.82. The minimum absolute atomic E-state index is 0.0212. The zero-order valence-electron chi connectivity index (χ0n) is 13.6. The Morgan fingerprint density at radius 1 is 1.17 bits per heavy atom. The van der Waals surface area contributed by atoms with Gasteiger partial charge in [0.2, 0.25) is 0 Å². The molecule has 2 atom stereocenters. The summed E-state index contributed by atoms with van der Waals surface area (Å²) in [6.07, 6.45) is 6.60. The molecule has 1 aliphatic carbocycles. The van der Waals surface area contributed by atoms with Gasteiger partial charge in [-0.1, -0.05) is 6.42 Å². The number of nitrogens with zero attached hydrogens (tertiary/aromatic N) is 2. The Morgan fingerprint density at radius 3 is 2.74 bits per heavy atom. The number of rotatable bonds is 4. The van der Waals surface area contributed by atoms with Crippen molar-refractivity contribution in [2.24, 2.45) is 11.8 Å². The van der Waals surface area contributed by atoms with Gasteiger partial charge in [0.15, 0.2) is 5.76 Å². The van der Waals surface area contributed by atoms with E-state index in [1.807, 2.05) is 4.90 Å². The van der Waals surface area contributed by atoms with E-state index in [-0.39, 0.29) is 12.5 Å². The normalized spacial score (nSPS) is 28.7. The molecule has 0 radical (unpaired) electrons. The van der Waals surface area contributed by atoms with E-state index in [1.54, 1.807) is 12.1 Å². The van der Waals surface area contributed by atoms with Crippen molar-refractivity contribution in [2.45, 2.75) is 44.8 Å². The van der Waals surface area contributed by atoms with Crippen molar-refractivity contribution >= 4 is 5.91 Å². The molecule has 1 N–H and O–H groups in total. The summed E-state index contributed by atoms with van der Waals surface area (Å²) in [5.41, 5.74) is 0. The Morgan fingerprint density at radius 2 is 2.04 bits per heavy atom. The first-order valence-corrected chi connectivity index (χ1v) is 8.96. The van der Waals surface area contributed by atoms with Gasteiger partial charge in [-0.15, -0.1) is 0 Å². The van der Waals surface area contributed by atoms with Crippen molar-refractivity contribution in [2.75, 3.05) is 26.2 Å². The molecule has 4 aliphatic rings.